The number of imidazole rings is 1. The van der Waals surface area contributed by atoms with Gasteiger partial charge in [0.1, 0.15) is 5.82 Å². The van der Waals surface area contributed by atoms with Gasteiger partial charge in [-0.25, -0.2) is 4.98 Å². The van der Waals surface area contributed by atoms with Gasteiger partial charge in [0.25, 0.3) is 0 Å². The molecule has 14 heavy (non-hydrogen) atoms. The third-order valence-electron chi connectivity index (χ3n) is 3.55. The fourth-order valence-corrected chi connectivity index (χ4v) is 2.72. The summed E-state index contributed by atoms with van der Waals surface area (Å²) in [5.74, 6) is 2.62. The second-order valence-corrected chi connectivity index (χ2v) is 4.38. The van der Waals surface area contributed by atoms with Gasteiger partial charge < -0.3 is 4.98 Å². The Kier molecular flexibility index (Phi) is 2.03. The van der Waals surface area contributed by atoms with Crippen LogP contribution in [-0.4, -0.2) is 22.6 Å². The molecular formula is C10H16N4. The lowest BCUT2D eigenvalue weighted by Crippen LogP contribution is -2.35. The Morgan fingerprint density at radius 3 is 3.21 bits per heavy atom. The fourth-order valence-electron chi connectivity index (χ4n) is 2.72. The van der Waals surface area contributed by atoms with Crippen molar-refractivity contribution >= 4 is 0 Å². The monoisotopic (exact) mass is 192 g/mol. The zero-order valence-electron chi connectivity index (χ0n) is 8.16. The molecule has 2 aliphatic rings. The number of hydrogen-bond donors (Lipinski definition) is 3. The molecule has 3 rings (SSSR count). The third kappa shape index (κ3) is 1.35. The van der Waals surface area contributed by atoms with Crippen LogP contribution < -0.4 is 10.9 Å². The highest BCUT2D eigenvalue weighted by Gasteiger charge is 2.34. The van der Waals surface area contributed by atoms with E-state index in [0.717, 1.165) is 18.3 Å². The van der Waals surface area contributed by atoms with Gasteiger partial charge in [-0.15, -0.1) is 0 Å². The van der Waals surface area contributed by atoms with E-state index >= 15 is 0 Å². The Morgan fingerprint density at radius 1 is 1.36 bits per heavy atom. The molecule has 1 saturated carbocycles. The van der Waals surface area contributed by atoms with Gasteiger partial charge in [-0.05, 0) is 25.2 Å². The van der Waals surface area contributed by atoms with E-state index in [2.05, 4.69) is 20.8 Å². The smallest absolute Gasteiger partial charge is 0.109 e. The van der Waals surface area contributed by atoms with Crippen LogP contribution in [0.25, 0.3) is 0 Å². The minimum atomic E-state index is 0.624. The molecule has 1 aromatic rings. The van der Waals surface area contributed by atoms with Gasteiger partial charge in [0.05, 0.1) is 0 Å². The highest BCUT2D eigenvalue weighted by molar-refractivity contribution is 5.03. The summed E-state index contributed by atoms with van der Waals surface area (Å²) in [6.07, 6.45) is 7.57. The summed E-state index contributed by atoms with van der Waals surface area (Å²) in [6, 6.07) is 0.652. The molecule has 0 spiro atoms. The normalized spacial score (nSPS) is 37.0. The second kappa shape index (κ2) is 3.37. The number of hydrogen-bond acceptors (Lipinski definition) is 3. The first-order chi connectivity index (χ1) is 6.93. The lowest BCUT2D eigenvalue weighted by molar-refractivity contribution is 0.297. The molecule has 1 aliphatic carbocycles. The van der Waals surface area contributed by atoms with E-state index in [1.165, 1.54) is 19.3 Å². The molecule has 2 fully saturated rings. The van der Waals surface area contributed by atoms with Gasteiger partial charge in [-0.1, -0.05) is 0 Å². The Hall–Kier alpha value is -0.870. The van der Waals surface area contributed by atoms with E-state index in [4.69, 9.17) is 0 Å². The van der Waals surface area contributed by atoms with Crippen LogP contribution in [0.15, 0.2) is 12.4 Å². The van der Waals surface area contributed by atoms with Crippen molar-refractivity contribution in [2.24, 2.45) is 5.92 Å². The highest BCUT2D eigenvalue weighted by Crippen LogP contribution is 2.35. The van der Waals surface area contributed by atoms with Crippen molar-refractivity contribution in [2.45, 2.75) is 31.2 Å². The first kappa shape index (κ1) is 8.44. The van der Waals surface area contributed by atoms with Crippen LogP contribution in [0.1, 0.15) is 31.0 Å². The van der Waals surface area contributed by atoms with Gasteiger partial charge in [0.2, 0.25) is 0 Å². The number of aromatic nitrogens is 2. The molecule has 0 radical (unpaired) electrons. The molecule has 2 heterocycles. The second-order valence-electron chi connectivity index (χ2n) is 4.38. The SMILES string of the molecule is c1c[nH]c(C2CCC3CNNC3C2)n1. The van der Waals surface area contributed by atoms with E-state index in [0.29, 0.717) is 12.0 Å². The van der Waals surface area contributed by atoms with Gasteiger partial charge >= 0.3 is 0 Å². The largest absolute Gasteiger partial charge is 0.348 e. The molecule has 4 nitrogen and oxygen atoms in total. The van der Waals surface area contributed by atoms with Crippen LogP contribution >= 0.6 is 0 Å². The van der Waals surface area contributed by atoms with Crippen LogP contribution in [0.2, 0.25) is 0 Å². The summed E-state index contributed by atoms with van der Waals surface area (Å²) in [5.41, 5.74) is 6.61. The molecule has 3 N–H and O–H groups in total. The van der Waals surface area contributed by atoms with Gasteiger partial charge in [-0.3, -0.25) is 10.9 Å². The molecule has 0 aromatic carbocycles. The summed E-state index contributed by atoms with van der Waals surface area (Å²) in [5, 5.41) is 0. The quantitative estimate of drug-likeness (QED) is 0.616. The number of nitrogens with one attached hydrogen (secondary N) is 3. The van der Waals surface area contributed by atoms with Crippen LogP contribution in [0.3, 0.4) is 0 Å². The zero-order chi connectivity index (χ0) is 9.38. The molecule has 1 aliphatic heterocycles. The topological polar surface area (TPSA) is 52.7 Å². The number of nitrogens with zero attached hydrogens (tertiary/aromatic N) is 1. The van der Waals surface area contributed by atoms with Crippen molar-refractivity contribution in [1.82, 2.24) is 20.8 Å². The van der Waals surface area contributed by atoms with Crippen molar-refractivity contribution in [3.63, 3.8) is 0 Å². The predicted molar refractivity (Wildman–Crippen MR) is 53.6 cm³/mol. The average molecular weight is 192 g/mol. The van der Waals surface area contributed by atoms with E-state index in [1.54, 1.807) is 0 Å². The summed E-state index contributed by atoms with van der Waals surface area (Å²) in [4.78, 5) is 7.58. The zero-order valence-corrected chi connectivity index (χ0v) is 8.16. The van der Waals surface area contributed by atoms with E-state index in [1.807, 2.05) is 12.4 Å². The van der Waals surface area contributed by atoms with E-state index < -0.39 is 0 Å². The average Bonchev–Trinajstić information content (AvgIpc) is 2.88. The van der Waals surface area contributed by atoms with Gasteiger partial charge in [-0.2, -0.15) is 0 Å². The van der Waals surface area contributed by atoms with Gasteiger partial charge in [0.15, 0.2) is 0 Å². The van der Waals surface area contributed by atoms with Crippen molar-refractivity contribution in [3.05, 3.63) is 18.2 Å². The maximum absolute atomic E-state index is 4.35. The molecule has 1 saturated heterocycles. The van der Waals surface area contributed by atoms with E-state index in [9.17, 15) is 0 Å². The Labute approximate surface area is 83.5 Å². The van der Waals surface area contributed by atoms with Crippen LogP contribution in [0.4, 0.5) is 0 Å². The molecule has 0 bridgehead atoms. The van der Waals surface area contributed by atoms with Crippen molar-refractivity contribution in [3.8, 4) is 0 Å². The van der Waals surface area contributed by atoms with Crippen LogP contribution in [0.5, 0.6) is 0 Å². The number of rotatable bonds is 1. The summed E-state index contributed by atoms with van der Waals surface area (Å²) in [7, 11) is 0. The van der Waals surface area contributed by atoms with Gasteiger partial charge in [0, 0.05) is 30.9 Å². The third-order valence-corrected chi connectivity index (χ3v) is 3.55. The fraction of sp³-hybridized carbons (Fsp3) is 0.700. The molecule has 0 amide bonds. The van der Waals surface area contributed by atoms with Crippen LogP contribution in [-0.2, 0) is 0 Å². The summed E-state index contributed by atoms with van der Waals surface area (Å²) >= 11 is 0. The summed E-state index contributed by atoms with van der Waals surface area (Å²) < 4.78 is 0. The van der Waals surface area contributed by atoms with Crippen molar-refractivity contribution < 1.29 is 0 Å². The van der Waals surface area contributed by atoms with Crippen molar-refractivity contribution in [1.29, 1.82) is 0 Å². The minimum Gasteiger partial charge on any atom is -0.348 e. The number of aromatic amines is 1. The molecule has 76 valence electrons. The maximum Gasteiger partial charge on any atom is 0.109 e. The Balaban J connectivity index is 1.73. The number of fused-ring (bicyclic) bond motifs is 1. The molecule has 4 heteroatoms. The number of hydrazine groups is 1. The first-order valence-electron chi connectivity index (χ1n) is 5.41. The lowest BCUT2D eigenvalue weighted by Gasteiger charge is -2.29. The molecular weight excluding hydrogens is 176 g/mol. The Morgan fingerprint density at radius 2 is 2.36 bits per heavy atom. The lowest BCUT2D eigenvalue weighted by atomic mass is 9.79. The molecule has 1 aromatic heterocycles. The molecule has 3 atom stereocenters. The molecule has 3 unspecified atom stereocenters. The van der Waals surface area contributed by atoms with E-state index in [-0.39, 0.29) is 0 Å². The van der Waals surface area contributed by atoms with Crippen molar-refractivity contribution in [2.75, 3.05) is 6.54 Å². The standard InChI is InChI=1S/C10H16N4/c1-2-8-6-13-14-9(8)5-7(1)10-11-3-4-12-10/h3-4,7-9,13-14H,1-2,5-6H2,(H,11,12). The predicted octanol–water partition coefficient (Wildman–Crippen LogP) is 0.770. The minimum absolute atomic E-state index is 0.624. The first-order valence-corrected chi connectivity index (χ1v) is 5.41. The van der Waals surface area contributed by atoms with Crippen LogP contribution in [0, 0.1) is 5.92 Å². The Bertz CT molecular complexity index is 295. The maximum atomic E-state index is 4.35. The number of H-pyrrole nitrogens is 1. The summed E-state index contributed by atoms with van der Waals surface area (Å²) in [6.45, 7) is 1.13. The highest BCUT2D eigenvalue weighted by atomic mass is 15.4.